The van der Waals surface area contributed by atoms with Gasteiger partial charge in [0, 0.05) is 9.75 Å². The molecule has 98 valence electrons. The van der Waals surface area contributed by atoms with Crippen molar-refractivity contribution in [2.24, 2.45) is 0 Å². The van der Waals surface area contributed by atoms with Crippen molar-refractivity contribution in [3.63, 3.8) is 0 Å². The Bertz CT molecular complexity index is 559. The third-order valence-corrected chi connectivity index (χ3v) is 4.71. The van der Waals surface area contributed by atoms with Gasteiger partial charge in [-0.2, -0.15) is 0 Å². The molecule has 0 spiro atoms. The second kappa shape index (κ2) is 6.91. The van der Waals surface area contributed by atoms with Gasteiger partial charge in [0.1, 0.15) is 0 Å². The molecule has 3 aromatic rings. The van der Waals surface area contributed by atoms with Crippen molar-refractivity contribution < 1.29 is 0 Å². The van der Waals surface area contributed by atoms with Gasteiger partial charge < -0.3 is 0 Å². The number of hydrogen-bond acceptors (Lipinski definition) is 2. The number of fused-ring (bicyclic) bond motifs is 3. The van der Waals surface area contributed by atoms with E-state index in [4.69, 9.17) is 0 Å². The van der Waals surface area contributed by atoms with Gasteiger partial charge in [-0.05, 0) is 36.8 Å². The first-order valence-electron chi connectivity index (χ1n) is 6.63. The lowest BCUT2D eigenvalue weighted by Gasteiger charge is -1.90. The molecule has 0 aliphatic rings. The van der Waals surface area contributed by atoms with Gasteiger partial charge in [0.25, 0.3) is 0 Å². The topological polar surface area (TPSA) is 0 Å². The third-order valence-electron chi connectivity index (χ3n) is 2.42. The summed E-state index contributed by atoms with van der Waals surface area (Å²) < 4.78 is 2.91. The van der Waals surface area contributed by atoms with Gasteiger partial charge in [-0.25, -0.2) is 0 Å². The average Bonchev–Trinajstić information content (AvgIpc) is 2.95. The van der Waals surface area contributed by atoms with Gasteiger partial charge in [0.05, 0.1) is 9.40 Å². The van der Waals surface area contributed by atoms with E-state index in [-0.39, 0.29) is 0 Å². The number of thiophene rings is 2. The minimum atomic E-state index is 1.39. The van der Waals surface area contributed by atoms with Gasteiger partial charge >= 0.3 is 0 Å². The fourth-order valence-corrected chi connectivity index (χ4v) is 4.03. The Morgan fingerprint density at radius 2 is 1.00 bits per heavy atom. The molecule has 2 heterocycles. The number of hydrogen-bond donors (Lipinski definition) is 0. The van der Waals surface area contributed by atoms with Crippen LogP contribution in [-0.2, 0) is 0 Å². The highest BCUT2D eigenvalue weighted by Gasteiger charge is 2.05. The fourth-order valence-electron chi connectivity index (χ4n) is 1.85. The highest BCUT2D eigenvalue weighted by Crippen LogP contribution is 2.36. The maximum absolute atomic E-state index is 2.27. The van der Waals surface area contributed by atoms with E-state index in [1.165, 1.54) is 29.9 Å². The van der Waals surface area contributed by atoms with Crippen LogP contribution in [0.3, 0.4) is 0 Å². The molecule has 18 heavy (non-hydrogen) atoms. The first kappa shape index (κ1) is 15.2. The molecule has 1 aromatic carbocycles. The van der Waals surface area contributed by atoms with Gasteiger partial charge in [0.2, 0.25) is 0 Å². The summed E-state index contributed by atoms with van der Waals surface area (Å²) in [5.74, 6) is 0. The summed E-state index contributed by atoms with van der Waals surface area (Å²) in [5.41, 5.74) is 0. The van der Waals surface area contributed by atoms with Crippen LogP contribution in [0.1, 0.15) is 37.4 Å². The summed E-state index contributed by atoms with van der Waals surface area (Å²) in [4.78, 5) is 2.80. The van der Waals surface area contributed by atoms with Crippen LogP contribution >= 0.6 is 22.7 Å². The number of benzene rings is 1. The molecule has 0 amide bonds. The van der Waals surface area contributed by atoms with Crippen molar-refractivity contribution in [2.75, 3.05) is 0 Å². The average molecular weight is 278 g/mol. The number of rotatable bonds is 0. The van der Waals surface area contributed by atoms with Gasteiger partial charge in [-0.15, -0.1) is 22.7 Å². The van der Waals surface area contributed by atoms with Crippen LogP contribution in [0.15, 0.2) is 24.3 Å². The zero-order chi connectivity index (χ0) is 13.7. The Morgan fingerprint density at radius 3 is 1.33 bits per heavy atom. The SMILES string of the molecule is CC.CC.Cc1cc2ccc3cc(C)sc3c2s1. The smallest absolute Gasteiger partial charge is 0.0523 e. The largest absolute Gasteiger partial charge is 0.139 e. The number of aryl methyl sites for hydroxylation is 2. The molecular weight excluding hydrogens is 256 g/mol. The first-order chi connectivity index (χ1) is 8.74. The Morgan fingerprint density at radius 1 is 0.667 bits per heavy atom. The zero-order valence-electron chi connectivity index (χ0n) is 12.1. The monoisotopic (exact) mass is 278 g/mol. The third kappa shape index (κ3) is 2.93. The quantitative estimate of drug-likeness (QED) is 0.425. The lowest BCUT2D eigenvalue weighted by Crippen LogP contribution is -1.62. The molecule has 0 atom stereocenters. The lowest BCUT2D eigenvalue weighted by atomic mass is 10.2. The van der Waals surface area contributed by atoms with Crippen LogP contribution in [0.2, 0.25) is 0 Å². The minimum absolute atomic E-state index is 1.39. The van der Waals surface area contributed by atoms with E-state index in [0.29, 0.717) is 0 Å². The summed E-state index contributed by atoms with van der Waals surface area (Å²) in [7, 11) is 0. The maximum atomic E-state index is 2.27. The van der Waals surface area contributed by atoms with E-state index >= 15 is 0 Å². The fraction of sp³-hybridized carbons (Fsp3) is 0.375. The normalized spacial score (nSPS) is 9.67. The van der Waals surface area contributed by atoms with E-state index < -0.39 is 0 Å². The predicted molar refractivity (Wildman–Crippen MR) is 89.4 cm³/mol. The maximum Gasteiger partial charge on any atom is 0.0523 e. The molecule has 0 bridgehead atoms. The van der Waals surface area contributed by atoms with Gasteiger partial charge in [0.15, 0.2) is 0 Å². The molecule has 0 saturated carbocycles. The molecule has 3 rings (SSSR count). The van der Waals surface area contributed by atoms with Gasteiger partial charge in [-0.1, -0.05) is 39.8 Å². The lowest BCUT2D eigenvalue weighted by molar-refractivity contribution is 1.50. The van der Waals surface area contributed by atoms with E-state index in [9.17, 15) is 0 Å². The zero-order valence-corrected chi connectivity index (χ0v) is 13.8. The van der Waals surface area contributed by atoms with E-state index in [1.54, 1.807) is 0 Å². The summed E-state index contributed by atoms with van der Waals surface area (Å²) in [6, 6.07) is 9.00. The first-order valence-corrected chi connectivity index (χ1v) is 8.26. The van der Waals surface area contributed by atoms with Gasteiger partial charge in [-0.3, -0.25) is 0 Å². The molecule has 0 fully saturated rings. The predicted octanol–water partition coefficient (Wildman–Crippen LogP) is 6.79. The van der Waals surface area contributed by atoms with Crippen LogP contribution in [0.4, 0.5) is 0 Å². The van der Waals surface area contributed by atoms with Crippen LogP contribution < -0.4 is 0 Å². The van der Waals surface area contributed by atoms with Crippen molar-refractivity contribution in [1.29, 1.82) is 0 Å². The second-order valence-corrected chi connectivity index (χ2v) is 6.13. The molecule has 0 aliphatic heterocycles. The van der Waals surface area contributed by atoms with Crippen LogP contribution in [0.25, 0.3) is 20.2 Å². The Hall–Kier alpha value is -0.860. The Balaban J connectivity index is 0.000000371. The summed E-state index contributed by atoms with van der Waals surface area (Å²) in [6.45, 7) is 12.4. The summed E-state index contributed by atoms with van der Waals surface area (Å²) >= 11 is 3.81. The summed E-state index contributed by atoms with van der Waals surface area (Å²) in [6.07, 6.45) is 0. The van der Waals surface area contributed by atoms with Crippen molar-refractivity contribution in [3.8, 4) is 0 Å². The van der Waals surface area contributed by atoms with Crippen molar-refractivity contribution in [1.82, 2.24) is 0 Å². The summed E-state index contributed by atoms with van der Waals surface area (Å²) in [5, 5.41) is 2.78. The van der Waals surface area contributed by atoms with Crippen LogP contribution in [-0.4, -0.2) is 0 Å². The minimum Gasteiger partial charge on any atom is -0.139 e. The van der Waals surface area contributed by atoms with Crippen LogP contribution in [0, 0.1) is 13.8 Å². The molecule has 0 unspecified atom stereocenters. The standard InChI is InChI=1S/C12H10S2.2C2H6/c1-7-5-9-3-4-10-6-8(2)14-12(10)11(9)13-7;2*1-2/h3-6H,1-2H3;2*1-2H3. The van der Waals surface area contributed by atoms with Crippen molar-refractivity contribution in [3.05, 3.63) is 34.0 Å². The van der Waals surface area contributed by atoms with E-state index in [0.717, 1.165) is 0 Å². The van der Waals surface area contributed by atoms with Crippen LogP contribution in [0.5, 0.6) is 0 Å². The van der Waals surface area contributed by atoms with E-state index in [2.05, 4.69) is 38.1 Å². The molecule has 0 nitrogen and oxygen atoms in total. The highest BCUT2D eigenvalue weighted by atomic mass is 32.1. The Kier molecular flexibility index (Phi) is 5.83. The highest BCUT2D eigenvalue weighted by molar-refractivity contribution is 7.27. The Labute approximate surface area is 118 Å². The van der Waals surface area contributed by atoms with E-state index in [1.807, 2.05) is 50.4 Å². The van der Waals surface area contributed by atoms with Crippen molar-refractivity contribution >= 4 is 42.8 Å². The molecule has 2 aromatic heterocycles. The molecular formula is C16H22S2. The molecule has 0 aliphatic carbocycles. The van der Waals surface area contributed by atoms with Crippen molar-refractivity contribution in [2.45, 2.75) is 41.5 Å². The second-order valence-electron chi connectivity index (χ2n) is 3.62. The molecule has 2 heteroatoms. The molecule has 0 radical (unpaired) electrons. The molecule has 0 saturated heterocycles. The molecule has 0 N–H and O–H groups in total.